The van der Waals surface area contributed by atoms with Gasteiger partial charge in [0.05, 0.1) is 5.92 Å². The molecule has 0 aromatic heterocycles. The molecule has 2 unspecified atom stereocenters. The number of hydrogen-bond donors (Lipinski definition) is 1. The van der Waals surface area contributed by atoms with Crippen molar-refractivity contribution in [2.24, 2.45) is 5.92 Å². The van der Waals surface area contributed by atoms with Gasteiger partial charge in [-0.15, -0.1) is 5.73 Å². The van der Waals surface area contributed by atoms with Crippen molar-refractivity contribution in [3.05, 3.63) is 18.5 Å². The molecule has 2 atom stereocenters. The first kappa shape index (κ1) is 14.1. The average molecular weight is 221 g/mol. The molecule has 0 aromatic carbocycles. The zero-order chi connectivity index (χ0) is 11.9. The topological polar surface area (TPSA) is 12.0 Å². The van der Waals surface area contributed by atoms with Gasteiger partial charge in [0.1, 0.15) is 0 Å². The third-order valence-corrected chi connectivity index (χ3v) is 2.21. The van der Waals surface area contributed by atoms with Crippen LogP contribution in [0.25, 0.3) is 0 Å². The molecule has 0 aromatic rings. The van der Waals surface area contributed by atoms with E-state index in [1.807, 2.05) is 0 Å². The van der Waals surface area contributed by atoms with Gasteiger partial charge in [-0.3, -0.25) is 0 Å². The first-order chi connectivity index (χ1) is 6.91. The summed E-state index contributed by atoms with van der Waals surface area (Å²) in [6, 6.07) is -0.211. The van der Waals surface area contributed by atoms with Crippen molar-refractivity contribution in [2.75, 3.05) is 0 Å². The van der Waals surface area contributed by atoms with E-state index in [0.29, 0.717) is 6.42 Å². The van der Waals surface area contributed by atoms with Crippen LogP contribution in [0.5, 0.6) is 0 Å². The van der Waals surface area contributed by atoms with E-state index in [4.69, 9.17) is 0 Å². The monoisotopic (exact) mass is 221 g/mol. The van der Waals surface area contributed by atoms with E-state index in [1.54, 1.807) is 13.8 Å². The molecule has 0 aliphatic carbocycles. The highest BCUT2D eigenvalue weighted by Crippen LogP contribution is 2.33. The van der Waals surface area contributed by atoms with Gasteiger partial charge in [-0.1, -0.05) is 19.9 Å². The van der Waals surface area contributed by atoms with Gasteiger partial charge >= 0.3 is 6.18 Å². The molecule has 0 saturated heterocycles. The molecule has 0 radical (unpaired) electrons. The molecule has 1 nitrogen and oxygen atoms in total. The van der Waals surface area contributed by atoms with Crippen LogP contribution >= 0.6 is 0 Å². The molecular formula is C11H18F3N. The van der Waals surface area contributed by atoms with E-state index >= 15 is 0 Å². The standard InChI is InChI=1S/C11H18F3N/c1-4-6-10(11(12,13)14)8-9(3)15-7-5-2/h7,9-10,15H,2,4,6,8H2,1,3H3. The largest absolute Gasteiger partial charge is 0.391 e. The lowest BCUT2D eigenvalue weighted by molar-refractivity contribution is -0.179. The second-order valence-electron chi connectivity index (χ2n) is 3.68. The molecule has 0 aliphatic rings. The average Bonchev–Trinajstić information content (AvgIpc) is 2.12. The molecule has 0 spiro atoms. The van der Waals surface area contributed by atoms with Crippen molar-refractivity contribution in [3.63, 3.8) is 0 Å². The molecule has 1 N–H and O–H groups in total. The van der Waals surface area contributed by atoms with Crippen LogP contribution in [0.15, 0.2) is 18.5 Å². The van der Waals surface area contributed by atoms with E-state index in [0.717, 1.165) is 0 Å². The predicted octanol–water partition coefficient (Wildman–Crippen LogP) is 3.63. The molecule has 0 saturated carbocycles. The highest BCUT2D eigenvalue weighted by atomic mass is 19.4. The van der Waals surface area contributed by atoms with Gasteiger partial charge in [-0.2, -0.15) is 13.2 Å². The minimum absolute atomic E-state index is 0.0928. The number of alkyl halides is 3. The van der Waals surface area contributed by atoms with E-state index in [9.17, 15) is 13.2 Å². The Balaban J connectivity index is 4.21. The smallest absolute Gasteiger partial charge is 0.382 e. The first-order valence-electron chi connectivity index (χ1n) is 5.08. The first-order valence-corrected chi connectivity index (χ1v) is 5.08. The summed E-state index contributed by atoms with van der Waals surface area (Å²) in [4.78, 5) is 0. The van der Waals surface area contributed by atoms with Crippen LogP contribution in [-0.2, 0) is 0 Å². The fourth-order valence-electron chi connectivity index (χ4n) is 1.46. The van der Waals surface area contributed by atoms with Gasteiger partial charge in [-0.05, 0) is 19.8 Å². The summed E-state index contributed by atoms with van der Waals surface area (Å²) in [7, 11) is 0. The maximum absolute atomic E-state index is 12.5. The SMILES string of the molecule is C=C=CNC(C)CC(CCC)C(F)(F)F. The molecular weight excluding hydrogens is 203 g/mol. The van der Waals surface area contributed by atoms with Crippen LogP contribution in [0.2, 0.25) is 0 Å². The Hall–Kier alpha value is -0.890. The van der Waals surface area contributed by atoms with Crippen molar-refractivity contribution in [1.82, 2.24) is 5.32 Å². The molecule has 0 heterocycles. The summed E-state index contributed by atoms with van der Waals surface area (Å²) in [5, 5.41) is 2.79. The van der Waals surface area contributed by atoms with Gasteiger partial charge in [0.2, 0.25) is 0 Å². The van der Waals surface area contributed by atoms with Crippen molar-refractivity contribution < 1.29 is 13.2 Å². The number of rotatable bonds is 6. The van der Waals surface area contributed by atoms with Gasteiger partial charge in [-0.25, -0.2) is 0 Å². The summed E-state index contributed by atoms with van der Waals surface area (Å²) in [6.07, 6.45) is -1.81. The van der Waals surface area contributed by atoms with E-state index in [1.165, 1.54) is 6.20 Å². The molecule has 0 rings (SSSR count). The zero-order valence-electron chi connectivity index (χ0n) is 9.19. The van der Waals surface area contributed by atoms with Crippen LogP contribution in [0.3, 0.4) is 0 Å². The van der Waals surface area contributed by atoms with Crippen LogP contribution in [0.1, 0.15) is 33.1 Å². The second kappa shape index (κ2) is 6.57. The number of halogens is 3. The normalized spacial score (nSPS) is 15.3. The Morgan fingerprint density at radius 2 is 2.07 bits per heavy atom. The fourth-order valence-corrected chi connectivity index (χ4v) is 1.46. The van der Waals surface area contributed by atoms with Crippen LogP contribution < -0.4 is 5.32 Å². The number of nitrogens with one attached hydrogen (secondary N) is 1. The highest BCUT2D eigenvalue weighted by Gasteiger charge is 2.39. The van der Waals surface area contributed by atoms with Gasteiger partial charge in [0, 0.05) is 12.2 Å². The number of hydrogen-bond acceptors (Lipinski definition) is 1. The maximum Gasteiger partial charge on any atom is 0.391 e. The molecule has 4 heteroatoms. The molecule has 0 aliphatic heterocycles. The summed E-state index contributed by atoms with van der Waals surface area (Å²) in [5.74, 6) is -1.22. The minimum Gasteiger partial charge on any atom is -0.382 e. The van der Waals surface area contributed by atoms with E-state index in [-0.39, 0.29) is 18.9 Å². The minimum atomic E-state index is -4.09. The Kier molecular flexibility index (Phi) is 6.18. The Bertz CT molecular complexity index is 216. The quantitative estimate of drug-likeness (QED) is 0.675. The molecule has 0 fully saturated rings. The Labute approximate surface area is 89.1 Å². The van der Waals surface area contributed by atoms with Crippen LogP contribution in [0.4, 0.5) is 13.2 Å². The van der Waals surface area contributed by atoms with Crippen LogP contribution in [-0.4, -0.2) is 12.2 Å². The highest BCUT2D eigenvalue weighted by molar-refractivity contribution is 4.80. The Morgan fingerprint density at radius 1 is 1.47 bits per heavy atom. The predicted molar refractivity (Wildman–Crippen MR) is 55.4 cm³/mol. The van der Waals surface area contributed by atoms with Crippen LogP contribution in [0, 0.1) is 5.92 Å². The maximum atomic E-state index is 12.5. The summed E-state index contributed by atoms with van der Waals surface area (Å²) < 4.78 is 37.6. The fraction of sp³-hybridized carbons (Fsp3) is 0.727. The van der Waals surface area contributed by atoms with Crippen molar-refractivity contribution in [3.8, 4) is 0 Å². The van der Waals surface area contributed by atoms with E-state index < -0.39 is 12.1 Å². The molecule has 15 heavy (non-hydrogen) atoms. The van der Waals surface area contributed by atoms with Gasteiger partial charge in [0.15, 0.2) is 0 Å². The van der Waals surface area contributed by atoms with Crippen molar-refractivity contribution in [1.29, 1.82) is 0 Å². The van der Waals surface area contributed by atoms with Crippen molar-refractivity contribution in [2.45, 2.75) is 45.3 Å². The molecule has 88 valence electrons. The summed E-state index contributed by atoms with van der Waals surface area (Å²) in [6.45, 7) is 6.82. The second-order valence-corrected chi connectivity index (χ2v) is 3.68. The lowest BCUT2D eigenvalue weighted by Gasteiger charge is -2.23. The van der Waals surface area contributed by atoms with Gasteiger partial charge in [0.25, 0.3) is 0 Å². The lowest BCUT2D eigenvalue weighted by atomic mass is 9.95. The van der Waals surface area contributed by atoms with E-state index in [2.05, 4.69) is 17.6 Å². The third kappa shape index (κ3) is 6.24. The van der Waals surface area contributed by atoms with Gasteiger partial charge < -0.3 is 5.32 Å². The third-order valence-electron chi connectivity index (χ3n) is 2.21. The zero-order valence-corrected chi connectivity index (χ0v) is 9.19. The summed E-state index contributed by atoms with van der Waals surface area (Å²) in [5.41, 5.74) is 2.48. The lowest BCUT2D eigenvalue weighted by Crippen LogP contribution is -2.31. The summed E-state index contributed by atoms with van der Waals surface area (Å²) >= 11 is 0. The molecule has 0 bridgehead atoms. The Morgan fingerprint density at radius 3 is 2.47 bits per heavy atom. The van der Waals surface area contributed by atoms with Crippen molar-refractivity contribution >= 4 is 0 Å². The molecule has 0 amide bonds.